The normalized spacial score (nSPS) is 16.7. The molecular formula is C35H33FN6. The summed E-state index contributed by atoms with van der Waals surface area (Å²) >= 11 is 0. The molecule has 5 aromatic rings. The molecule has 2 fully saturated rings. The molecule has 0 saturated carbocycles. The van der Waals surface area contributed by atoms with Crippen LogP contribution in [0, 0.1) is 24.1 Å². The summed E-state index contributed by atoms with van der Waals surface area (Å²) in [4.78, 5) is 17.5. The standard InChI is InChI=1S/C35H33FN6/c1-23-18-30(36)29(35-39-31-20-33(41-14-5-15-41)38-22-32(31)40-35)19-28(23)34(27-6-3-2-4-7-27)42-16-12-26(13-17-42)25-10-8-24(21-37)9-11-25/h2-4,6-11,18-20,22,26,34H,5,12-17H2,1H3,(H,39,40). The summed E-state index contributed by atoms with van der Waals surface area (Å²) in [6, 6.07) is 26.4. The molecule has 2 aliphatic heterocycles. The number of nitriles is 1. The minimum Gasteiger partial charge on any atom is -0.356 e. The predicted molar refractivity (Wildman–Crippen MR) is 164 cm³/mol. The number of hydrogen-bond acceptors (Lipinski definition) is 5. The highest BCUT2D eigenvalue weighted by Gasteiger charge is 2.30. The van der Waals surface area contributed by atoms with E-state index in [9.17, 15) is 5.26 Å². The second-order valence-corrected chi connectivity index (χ2v) is 11.5. The van der Waals surface area contributed by atoms with E-state index < -0.39 is 0 Å². The minimum absolute atomic E-state index is 0.00321. The lowest BCUT2D eigenvalue weighted by Crippen LogP contribution is -2.37. The van der Waals surface area contributed by atoms with Gasteiger partial charge in [0.25, 0.3) is 0 Å². The zero-order valence-corrected chi connectivity index (χ0v) is 23.7. The van der Waals surface area contributed by atoms with Crippen molar-refractivity contribution >= 4 is 16.9 Å². The molecule has 210 valence electrons. The number of nitrogens with zero attached hydrogens (tertiary/aromatic N) is 5. The van der Waals surface area contributed by atoms with E-state index in [0.29, 0.717) is 22.9 Å². The maximum Gasteiger partial charge on any atom is 0.141 e. The van der Waals surface area contributed by atoms with Crippen molar-refractivity contribution < 1.29 is 4.39 Å². The van der Waals surface area contributed by atoms with Crippen LogP contribution in [0.15, 0.2) is 79.0 Å². The number of imidazole rings is 1. The van der Waals surface area contributed by atoms with Crippen molar-refractivity contribution in [3.05, 3.63) is 113 Å². The fourth-order valence-electron chi connectivity index (χ4n) is 6.45. The van der Waals surface area contributed by atoms with E-state index in [2.05, 4.69) is 62.2 Å². The monoisotopic (exact) mass is 556 g/mol. The first-order valence-corrected chi connectivity index (χ1v) is 14.8. The van der Waals surface area contributed by atoms with E-state index in [-0.39, 0.29) is 11.9 Å². The molecule has 7 rings (SSSR count). The van der Waals surface area contributed by atoms with Gasteiger partial charge in [-0.15, -0.1) is 0 Å². The third-order valence-electron chi connectivity index (χ3n) is 8.96. The first-order chi connectivity index (χ1) is 20.6. The quantitative estimate of drug-likeness (QED) is 0.241. The van der Waals surface area contributed by atoms with Crippen LogP contribution in [-0.2, 0) is 0 Å². The maximum atomic E-state index is 15.6. The molecule has 0 radical (unpaired) electrons. The van der Waals surface area contributed by atoms with Gasteiger partial charge in [0.15, 0.2) is 0 Å². The third-order valence-corrected chi connectivity index (χ3v) is 8.96. The molecule has 0 amide bonds. The Labute approximate surface area is 245 Å². The average Bonchev–Trinajstić information content (AvgIpc) is 3.42. The molecule has 3 aromatic carbocycles. The Morgan fingerprint density at radius 2 is 1.74 bits per heavy atom. The number of aryl methyl sites for hydroxylation is 1. The topological polar surface area (TPSA) is 71.8 Å². The van der Waals surface area contributed by atoms with Crippen molar-refractivity contribution in [2.24, 2.45) is 0 Å². The first kappa shape index (κ1) is 26.4. The van der Waals surface area contributed by atoms with Crippen LogP contribution in [0.3, 0.4) is 0 Å². The maximum absolute atomic E-state index is 15.6. The van der Waals surface area contributed by atoms with Crippen LogP contribution in [0.25, 0.3) is 22.4 Å². The SMILES string of the molecule is Cc1cc(F)c(-c2nc3cc(N4CCC4)ncc3[nH]2)cc1C(c1ccccc1)N1CCC(c2ccc(C#N)cc2)CC1. The predicted octanol–water partition coefficient (Wildman–Crippen LogP) is 7.12. The van der Waals surface area contributed by atoms with E-state index in [1.165, 1.54) is 17.5 Å². The van der Waals surface area contributed by atoms with E-state index in [1.54, 1.807) is 12.3 Å². The highest BCUT2D eigenvalue weighted by atomic mass is 19.1. The highest BCUT2D eigenvalue weighted by Crippen LogP contribution is 2.39. The Morgan fingerprint density at radius 1 is 0.976 bits per heavy atom. The van der Waals surface area contributed by atoms with Crippen molar-refractivity contribution in [3.63, 3.8) is 0 Å². The van der Waals surface area contributed by atoms with Gasteiger partial charge in [-0.2, -0.15) is 5.26 Å². The number of aromatic nitrogens is 3. The Balaban J connectivity index is 1.22. The van der Waals surface area contributed by atoms with Gasteiger partial charge in [-0.25, -0.2) is 14.4 Å². The smallest absolute Gasteiger partial charge is 0.141 e. The van der Waals surface area contributed by atoms with Crippen molar-refractivity contribution in [1.82, 2.24) is 19.9 Å². The summed E-state index contributed by atoms with van der Waals surface area (Å²) in [7, 11) is 0. The van der Waals surface area contributed by atoms with Crippen LogP contribution in [0.5, 0.6) is 0 Å². The van der Waals surface area contributed by atoms with Crippen molar-refractivity contribution in [2.45, 2.75) is 38.1 Å². The Bertz CT molecular complexity index is 1760. The fraction of sp³-hybridized carbons (Fsp3) is 0.286. The number of anilines is 1. The van der Waals surface area contributed by atoms with Crippen molar-refractivity contribution in [2.75, 3.05) is 31.1 Å². The molecule has 6 nitrogen and oxygen atoms in total. The molecule has 1 N–H and O–H groups in total. The number of nitrogens with one attached hydrogen (secondary N) is 1. The number of benzene rings is 3. The fourth-order valence-corrected chi connectivity index (χ4v) is 6.45. The van der Waals surface area contributed by atoms with Gasteiger partial charge in [-0.3, -0.25) is 4.90 Å². The largest absolute Gasteiger partial charge is 0.356 e. The molecule has 0 spiro atoms. The Hall–Kier alpha value is -4.54. The Morgan fingerprint density at radius 3 is 2.43 bits per heavy atom. The molecule has 0 bridgehead atoms. The number of rotatable bonds is 6. The lowest BCUT2D eigenvalue weighted by atomic mass is 9.86. The second kappa shape index (κ2) is 11.0. The number of pyridine rings is 1. The zero-order chi connectivity index (χ0) is 28.6. The van der Waals surface area contributed by atoms with Crippen LogP contribution in [0.4, 0.5) is 10.2 Å². The number of fused-ring (bicyclic) bond motifs is 1. The molecule has 4 heterocycles. The van der Waals surface area contributed by atoms with E-state index >= 15 is 4.39 Å². The molecule has 1 atom stereocenters. The summed E-state index contributed by atoms with van der Waals surface area (Å²) < 4.78 is 15.6. The van der Waals surface area contributed by atoms with Gasteiger partial charge in [0.2, 0.25) is 0 Å². The molecule has 42 heavy (non-hydrogen) atoms. The van der Waals surface area contributed by atoms with Gasteiger partial charge in [0.05, 0.1) is 40.5 Å². The summed E-state index contributed by atoms with van der Waals surface area (Å²) in [5.74, 6) is 1.63. The lowest BCUT2D eigenvalue weighted by molar-refractivity contribution is 0.173. The van der Waals surface area contributed by atoms with Crippen LogP contribution in [0.1, 0.15) is 59.0 Å². The molecule has 1 unspecified atom stereocenters. The third kappa shape index (κ3) is 4.93. The van der Waals surface area contributed by atoms with Gasteiger partial charge in [0, 0.05) is 19.2 Å². The Kier molecular flexibility index (Phi) is 6.93. The minimum atomic E-state index is -0.280. The van der Waals surface area contributed by atoms with Gasteiger partial charge >= 0.3 is 0 Å². The summed E-state index contributed by atoms with van der Waals surface area (Å²) in [6.07, 6.45) is 5.03. The average molecular weight is 557 g/mol. The number of likely N-dealkylation sites (tertiary alicyclic amines) is 1. The van der Waals surface area contributed by atoms with Crippen LogP contribution < -0.4 is 4.90 Å². The van der Waals surface area contributed by atoms with Gasteiger partial charge in [-0.05, 0) is 91.7 Å². The molecule has 7 heteroatoms. The van der Waals surface area contributed by atoms with E-state index in [1.807, 2.05) is 37.3 Å². The number of piperidine rings is 1. The van der Waals surface area contributed by atoms with Crippen LogP contribution in [0.2, 0.25) is 0 Å². The number of aromatic amines is 1. The summed E-state index contributed by atoms with van der Waals surface area (Å²) in [5, 5.41) is 9.17. The summed E-state index contributed by atoms with van der Waals surface area (Å²) in [5.41, 5.74) is 7.29. The number of H-pyrrole nitrogens is 1. The summed E-state index contributed by atoms with van der Waals surface area (Å²) in [6.45, 7) is 5.87. The van der Waals surface area contributed by atoms with E-state index in [0.717, 1.165) is 67.0 Å². The molecule has 0 aliphatic carbocycles. The number of halogens is 1. The van der Waals surface area contributed by atoms with Crippen molar-refractivity contribution in [1.29, 1.82) is 5.26 Å². The highest BCUT2D eigenvalue weighted by molar-refractivity contribution is 5.81. The van der Waals surface area contributed by atoms with E-state index in [4.69, 9.17) is 4.98 Å². The molecular weight excluding hydrogens is 523 g/mol. The van der Waals surface area contributed by atoms with Gasteiger partial charge in [-0.1, -0.05) is 42.5 Å². The molecule has 2 aromatic heterocycles. The number of hydrogen-bond donors (Lipinski definition) is 1. The van der Waals surface area contributed by atoms with Crippen LogP contribution >= 0.6 is 0 Å². The van der Waals surface area contributed by atoms with Gasteiger partial charge < -0.3 is 9.88 Å². The van der Waals surface area contributed by atoms with Crippen molar-refractivity contribution in [3.8, 4) is 17.5 Å². The molecule has 2 aliphatic rings. The lowest BCUT2D eigenvalue weighted by Gasteiger charge is -2.39. The second-order valence-electron chi connectivity index (χ2n) is 11.5. The van der Waals surface area contributed by atoms with Gasteiger partial charge in [0.1, 0.15) is 17.5 Å². The first-order valence-electron chi connectivity index (χ1n) is 14.8. The zero-order valence-electron chi connectivity index (χ0n) is 23.7. The molecule has 2 saturated heterocycles. The van der Waals surface area contributed by atoms with Crippen LogP contribution in [-0.4, -0.2) is 46.0 Å².